The molecule has 0 unspecified atom stereocenters. The van der Waals surface area contributed by atoms with E-state index in [1.807, 2.05) is 19.9 Å². The van der Waals surface area contributed by atoms with Gasteiger partial charge in [-0.2, -0.15) is 0 Å². The average Bonchev–Trinajstić information content (AvgIpc) is 2.38. The Kier molecular flexibility index (Phi) is 4.25. The van der Waals surface area contributed by atoms with Crippen molar-refractivity contribution in [2.75, 3.05) is 13.1 Å². The van der Waals surface area contributed by atoms with E-state index in [0.717, 1.165) is 25.9 Å². The van der Waals surface area contributed by atoms with Gasteiger partial charge in [0.2, 0.25) is 0 Å². The van der Waals surface area contributed by atoms with Crippen molar-refractivity contribution in [2.45, 2.75) is 44.4 Å². The van der Waals surface area contributed by atoms with E-state index in [9.17, 15) is 4.79 Å². The summed E-state index contributed by atoms with van der Waals surface area (Å²) in [5.41, 5.74) is 2.23. The van der Waals surface area contributed by atoms with E-state index in [1.165, 1.54) is 11.1 Å². The van der Waals surface area contributed by atoms with E-state index < -0.39 is 5.97 Å². The van der Waals surface area contributed by atoms with Crippen LogP contribution in [0.2, 0.25) is 0 Å². The van der Waals surface area contributed by atoms with Crippen LogP contribution in [0, 0.1) is 0 Å². The summed E-state index contributed by atoms with van der Waals surface area (Å²) in [5.74, 6) is -0.171. The van der Waals surface area contributed by atoms with E-state index in [4.69, 9.17) is 5.11 Å². The van der Waals surface area contributed by atoms with Crippen molar-refractivity contribution in [3.05, 3.63) is 35.4 Å². The van der Waals surface area contributed by atoms with E-state index in [2.05, 4.69) is 23.5 Å². The van der Waals surface area contributed by atoms with Crippen molar-refractivity contribution >= 4 is 5.97 Å². The number of benzene rings is 1. The summed E-state index contributed by atoms with van der Waals surface area (Å²) in [6.07, 6.45) is 2.45. The van der Waals surface area contributed by atoms with Gasteiger partial charge in [-0.3, -0.25) is 4.79 Å². The molecule has 0 aromatic heterocycles. The highest BCUT2D eigenvalue weighted by atomic mass is 16.4. The standard InChI is InChI=1S/C16H23NO2/c1-16(2,11-15(18)19)14-6-4-3-5-13(14)12-7-9-17-10-8-12/h3-6,12,17H,7-11H2,1-2H3,(H,18,19). The van der Waals surface area contributed by atoms with Gasteiger partial charge in [-0.25, -0.2) is 0 Å². The summed E-state index contributed by atoms with van der Waals surface area (Å²) in [7, 11) is 0. The van der Waals surface area contributed by atoms with Gasteiger partial charge in [0.05, 0.1) is 6.42 Å². The van der Waals surface area contributed by atoms with E-state index in [0.29, 0.717) is 5.92 Å². The van der Waals surface area contributed by atoms with E-state index >= 15 is 0 Å². The van der Waals surface area contributed by atoms with Crippen molar-refractivity contribution in [1.29, 1.82) is 0 Å². The molecule has 0 radical (unpaired) electrons. The van der Waals surface area contributed by atoms with Gasteiger partial charge in [-0.05, 0) is 43.0 Å². The van der Waals surface area contributed by atoms with Crippen LogP contribution in [0.1, 0.15) is 50.2 Å². The van der Waals surface area contributed by atoms with Crippen LogP contribution in [-0.2, 0) is 10.2 Å². The Morgan fingerprint density at radius 2 is 1.95 bits per heavy atom. The van der Waals surface area contributed by atoms with E-state index in [-0.39, 0.29) is 11.8 Å². The molecule has 104 valence electrons. The average molecular weight is 261 g/mol. The predicted octanol–water partition coefficient (Wildman–Crippen LogP) is 2.91. The van der Waals surface area contributed by atoms with Crippen molar-refractivity contribution in [2.24, 2.45) is 0 Å². The second-order valence-corrected chi connectivity index (χ2v) is 6.07. The normalized spacial score (nSPS) is 17.4. The Balaban J connectivity index is 2.31. The minimum Gasteiger partial charge on any atom is -0.481 e. The molecule has 1 saturated heterocycles. The number of carbonyl (C=O) groups is 1. The third-order valence-corrected chi connectivity index (χ3v) is 4.06. The molecule has 2 rings (SSSR count). The Morgan fingerprint density at radius 3 is 2.58 bits per heavy atom. The molecule has 0 atom stereocenters. The number of hydrogen-bond donors (Lipinski definition) is 2. The molecule has 1 aromatic rings. The highest BCUT2D eigenvalue weighted by Crippen LogP contribution is 2.36. The van der Waals surface area contributed by atoms with Crippen molar-refractivity contribution in [3.63, 3.8) is 0 Å². The fourth-order valence-electron chi connectivity index (χ4n) is 3.08. The summed E-state index contributed by atoms with van der Waals surface area (Å²) in [6.45, 7) is 6.17. The first-order valence-electron chi connectivity index (χ1n) is 7.02. The summed E-state index contributed by atoms with van der Waals surface area (Å²) < 4.78 is 0. The predicted molar refractivity (Wildman–Crippen MR) is 76.6 cm³/mol. The van der Waals surface area contributed by atoms with Gasteiger partial charge < -0.3 is 10.4 Å². The first-order valence-corrected chi connectivity index (χ1v) is 7.02. The van der Waals surface area contributed by atoms with Crippen molar-refractivity contribution < 1.29 is 9.90 Å². The number of aliphatic carboxylic acids is 1. The number of carboxylic acids is 1. The zero-order valence-corrected chi connectivity index (χ0v) is 11.8. The maximum atomic E-state index is 11.1. The summed E-state index contributed by atoms with van der Waals surface area (Å²) in [6, 6.07) is 8.36. The van der Waals surface area contributed by atoms with Crippen LogP contribution in [0.25, 0.3) is 0 Å². The molecule has 19 heavy (non-hydrogen) atoms. The van der Waals surface area contributed by atoms with Gasteiger partial charge in [0.25, 0.3) is 0 Å². The molecule has 2 N–H and O–H groups in total. The van der Waals surface area contributed by atoms with Gasteiger partial charge in [0, 0.05) is 5.41 Å². The lowest BCUT2D eigenvalue weighted by Gasteiger charge is -2.31. The molecule has 3 nitrogen and oxygen atoms in total. The van der Waals surface area contributed by atoms with Crippen LogP contribution in [0.5, 0.6) is 0 Å². The second-order valence-electron chi connectivity index (χ2n) is 6.07. The van der Waals surface area contributed by atoms with Crippen molar-refractivity contribution in [3.8, 4) is 0 Å². The van der Waals surface area contributed by atoms with Gasteiger partial charge in [0.15, 0.2) is 0 Å². The number of carboxylic acid groups (broad SMARTS) is 1. The topological polar surface area (TPSA) is 49.3 Å². The fraction of sp³-hybridized carbons (Fsp3) is 0.562. The first kappa shape index (κ1) is 14.1. The summed E-state index contributed by atoms with van der Waals surface area (Å²) in [5, 5.41) is 12.5. The maximum absolute atomic E-state index is 11.1. The zero-order valence-electron chi connectivity index (χ0n) is 11.8. The molecule has 0 amide bonds. The first-order chi connectivity index (χ1) is 9.00. The molecule has 1 fully saturated rings. The monoisotopic (exact) mass is 261 g/mol. The minimum atomic E-state index is -0.731. The minimum absolute atomic E-state index is 0.176. The van der Waals surface area contributed by atoms with Crippen LogP contribution in [0.4, 0.5) is 0 Å². The van der Waals surface area contributed by atoms with Crippen LogP contribution in [0.15, 0.2) is 24.3 Å². The SMILES string of the molecule is CC(C)(CC(=O)O)c1ccccc1C1CCNCC1. The largest absolute Gasteiger partial charge is 0.481 e. The van der Waals surface area contributed by atoms with Gasteiger partial charge >= 0.3 is 5.97 Å². The lowest BCUT2D eigenvalue weighted by Crippen LogP contribution is -2.29. The zero-order chi connectivity index (χ0) is 13.9. The Hall–Kier alpha value is -1.35. The quantitative estimate of drug-likeness (QED) is 0.876. The molecule has 0 saturated carbocycles. The number of hydrogen-bond acceptors (Lipinski definition) is 2. The fourth-order valence-corrected chi connectivity index (χ4v) is 3.08. The van der Waals surface area contributed by atoms with Crippen LogP contribution in [0.3, 0.4) is 0 Å². The summed E-state index contributed by atoms with van der Waals surface area (Å²) in [4.78, 5) is 11.1. The summed E-state index contributed by atoms with van der Waals surface area (Å²) >= 11 is 0. The molecule has 3 heteroatoms. The number of nitrogens with one attached hydrogen (secondary N) is 1. The maximum Gasteiger partial charge on any atom is 0.304 e. The van der Waals surface area contributed by atoms with Crippen LogP contribution in [-0.4, -0.2) is 24.2 Å². The highest BCUT2D eigenvalue weighted by Gasteiger charge is 2.29. The molecule has 1 aliphatic heterocycles. The molecular weight excluding hydrogens is 238 g/mol. The van der Waals surface area contributed by atoms with Gasteiger partial charge in [-0.1, -0.05) is 38.1 Å². The molecule has 0 bridgehead atoms. The number of piperidine rings is 1. The third kappa shape index (κ3) is 3.35. The highest BCUT2D eigenvalue weighted by molar-refractivity contribution is 5.69. The molecule has 1 aliphatic rings. The Labute approximate surface area is 115 Å². The van der Waals surface area contributed by atoms with Crippen LogP contribution >= 0.6 is 0 Å². The smallest absolute Gasteiger partial charge is 0.304 e. The second kappa shape index (κ2) is 5.74. The Morgan fingerprint density at radius 1 is 1.32 bits per heavy atom. The van der Waals surface area contributed by atoms with Gasteiger partial charge in [-0.15, -0.1) is 0 Å². The number of rotatable bonds is 4. The van der Waals surface area contributed by atoms with Crippen molar-refractivity contribution in [1.82, 2.24) is 5.32 Å². The van der Waals surface area contributed by atoms with Gasteiger partial charge in [0.1, 0.15) is 0 Å². The molecular formula is C16H23NO2. The van der Waals surface area contributed by atoms with E-state index in [1.54, 1.807) is 0 Å². The molecule has 0 aliphatic carbocycles. The molecule has 1 heterocycles. The molecule has 1 aromatic carbocycles. The molecule has 0 spiro atoms. The lowest BCUT2D eigenvalue weighted by molar-refractivity contribution is -0.138. The lowest BCUT2D eigenvalue weighted by atomic mass is 9.75. The van der Waals surface area contributed by atoms with Crippen LogP contribution < -0.4 is 5.32 Å². The third-order valence-electron chi connectivity index (χ3n) is 4.06. The Bertz CT molecular complexity index is 448.